The maximum absolute atomic E-state index is 15.1. The lowest BCUT2D eigenvalue weighted by Crippen LogP contribution is -2.49. The number of nitrogens with one attached hydrogen (secondary N) is 2. The molecule has 5 rings (SSSR count). The summed E-state index contributed by atoms with van der Waals surface area (Å²) in [5, 5.41) is 6.25. The van der Waals surface area contributed by atoms with E-state index >= 15 is 8.78 Å². The van der Waals surface area contributed by atoms with Crippen molar-refractivity contribution in [2.45, 2.75) is 69.9 Å². The molecule has 0 radical (unpaired) electrons. The van der Waals surface area contributed by atoms with Crippen LogP contribution in [0.5, 0.6) is 0 Å². The quantitative estimate of drug-likeness (QED) is 0.543. The molecule has 0 atom stereocenters. The maximum Gasteiger partial charge on any atom is 0.342 e. The van der Waals surface area contributed by atoms with Crippen molar-refractivity contribution in [2.24, 2.45) is 0 Å². The van der Waals surface area contributed by atoms with E-state index in [1.54, 1.807) is 29.2 Å². The van der Waals surface area contributed by atoms with Gasteiger partial charge in [0.1, 0.15) is 5.69 Å². The lowest BCUT2D eigenvalue weighted by Gasteiger charge is -2.31. The van der Waals surface area contributed by atoms with Gasteiger partial charge in [0.15, 0.2) is 5.82 Å². The van der Waals surface area contributed by atoms with Gasteiger partial charge in [-0.3, -0.25) is 9.59 Å². The Balaban J connectivity index is 1.36. The lowest BCUT2D eigenvalue weighted by atomic mass is 10.0. The number of aromatic nitrogens is 2. The van der Waals surface area contributed by atoms with Crippen LogP contribution in [-0.4, -0.2) is 77.9 Å². The van der Waals surface area contributed by atoms with Crippen LogP contribution >= 0.6 is 0 Å². The number of piperidine rings is 1. The average Bonchev–Trinajstić information content (AvgIpc) is 3.44. The normalized spacial score (nSPS) is 20.6. The van der Waals surface area contributed by atoms with Crippen molar-refractivity contribution in [3.05, 3.63) is 36.0 Å². The number of halogens is 2. The highest BCUT2D eigenvalue weighted by atomic mass is 19.3. The molecule has 1 aliphatic carbocycles. The van der Waals surface area contributed by atoms with E-state index in [0.29, 0.717) is 29.2 Å². The number of nitrogens with zero attached hydrogens (tertiary/aromatic N) is 5. The zero-order valence-corrected chi connectivity index (χ0v) is 22.6. The van der Waals surface area contributed by atoms with Crippen LogP contribution in [0.3, 0.4) is 0 Å². The Hall–Kier alpha value is -3.34. The van der Waals surface area contributed by atoms with Gasteiger partial charge in [-0.2, -0.15) is 13.8 Å². The second-order valence-electron chi connectivity index (χ2n) is 10.9. The van der Waals surface area contributed by atoms with E-state index in [0.717, 1.165) is 56.5 Å². The van der Waals surface area contributed by atoms with Gasteiger partial charge in [-0.25, -0.2) is 4.98 Å². The zero-order chi connectivity index (χ0) is 27.6. The first kappa shape index (κ1) is 27.2. The number of likely N-dealkylation sites (tertiary alicyclic amines) is 1. The summed E-state index contributed by atoms with van der Waals surface area (Å²) in [4.78, 5) is 39.6. The van der Waals surface area contributed by atoms with E-state index in [1.807, 2.05) is 6.92 Å². The highest BCUT2D eigenvalue weighted by molar-refractivity contribution is 6.02. The Bertz CT molecular complexity index is 1180. The van der Waals surface area contributed by atoms with Gasteiger partial charge >= 0.3 is 5.92 Å². The molecule has 2 aromatic rings. The van der Waals surface area contributed by atoms with Crippen LogP contribution in [0.15, 0.2) is 30.5 Å². The molecule has 210 valence electrons. The number of carbonyl (C=O) groups is 2. The van der Waals surface area contributed by atoms with Gasteiger partial charge in [-0.1, -0.05) is 19.8 Å². The van der Waals surface area contributed by atoms with Gasteiger partial charge in [0.2, 0.25) is 5.95 Å². The number of amides is 2. The predicted octanol–water partition coefficient (Wildman–Crippen LogP) is 4.19. The fraction of sp³-hybridized carbons (Fsp3) is 0.571. The maximum atomic E-state index is 15.1. The Morgan fingerprint density at radius 3 is 2.46 bits per heavy atom. The largest absolute Gasteiger partial charge is 0.349 e. The molecule has 2 amide bonds. The van der Waals surface area contributed by atoms with Crippen molar-refractivity contribution in [1.82, 2.24) is 20.2 Å². The Morgan fingerprint density at radius 1 is 1.10 bits per heavy atom. The summed E-state index contributed by atoms with van der Waals surface area (Å²) in [7, 11) is 2.08. The van der Waals surface area contributed by atoms with Gasteiger partial charge in [0.05, 0.1) is 12.7 Å². The molecule has 1 aromatic carbocycles. The van der Waals surface area contributed by atoms with Crippen molar-refractivity contribution >= 4 is 35.0 Å². The minimum atomic E-state index is -3.52. The van der Waals surface area contributed by atoms with E-state index in [4.69, 9.17) is 0 Å². The molecule has 2 aliphatic heterocycles. The number of anilines is 4. The van der Waals surface area contributed by atoms with Crippen LogP contribution in [0.4, 0.5) is 31.9 Å². The molecule has 1 saturated carbocycles. The zero-order valence-electron chi connectivity index (χ0n) is 22.6. The summed E-state index contributed by atoms with van der Waals surface area (Å²) in [5.41, 5.74) is 1.54. The molecular formula is C28H37F2N7O2. The van der Waals surface area contributed by atoms with Crippen molar-refractivity contribution in [1.29, 1.82) is 0 Å². The fourth-order valence-corrected chi connectivity index (χ4v) is 5.71. The van der Waals surface area contributed by atoms with Crippen molar-refractivity contribution in [3.63, 3.8) is 0 Å². The summed E-state index contributed by atoms with van der Waals surface area (Å²) in [6.45, 7) is 3.25. The third-order valence-electron chi connectivity index (χ3n) is 7.91. The number of carbonyl (C=O) groups excluding carboxylic acids is 2. The van der Waals surface area contributed by atoms with Crippen molar-refractivity contribution < 1.29 is 18.4 Å². The molecule has 1 aromatic heterocycles. The molecule has 2 fully saturated rings. The van der Waals surface area contributed by atoms with E-state index in [2.05, 4.69) is 32.5 Å². The molecule has 0 bridgehead atoms. The Labute approximate surface area is 228 Å². The molecule has 3 aliphatic rings. The summed E-state index contributed by atoms with van der Waals surface area (Å²) in [6.07, 6.45) is 7.35. The Morgan fingerprint density at radius 2 is 1.79 bits per heavy atom. The van der Waals surface area contributed by atoms with E-state index in [-0.39, 0.29) is 30.5 Å². The molecular weight excluding hydrogens is 504 g/mol. The molecule has 0 spiro atoms. The summed E-state index contributed by atoms with van der Waals surface area (Å²) < 4.78 is 30.2. The van der Waals surface area contributed by atoms with Crippen LogP contribution < -0.4 is 20.4 Å². The van der Waals surface area contributed by atoms with Crippen LogP contribution in [0.1, 0.15) is 62.2 Å². The van der Waals surface area contributed by atoms with Crippen LogP contribution in [0.25, 0.3) is 0 Å². The molecule has 9 nitrogen and oxygen atoms in total. The number of hydrogen-bond donors (Lipinski definition) is 2. The number of benzene rings is 1. The number of rotatable bonds is 7. The molecule has 3 heterocycles. The monoisotopic (exact) mass is 541 g/mol. The van der Waals surface area contributed by atoms with Gasteiger partial charge in [-0.15, -0.1) is 0 Å². The molecule has 11 heteroatoms. The molecule has 2 N–H and O–H groups in total. The third kappa shape index (κ3) is 5.98. The van der Waals surface area contributed by atoms with E-state index in [9.17, 15) is 9.59 Å². The highest BCUT2D eigenvalue weighted by Crippen LogP contribution is 2.40. The second-order valence-corrected chi connectivity index (χ2v) is 10.9. The summed E-state index contributed by atoms with van der Waals surface area (Å²) in [6, 6.07) is 7.09. The number of hydrogen-bond acceptors (Lipinski definition) is 7. The van der Waals surface area contributed by atoms with E-state index in [1.165, 1.54) is 6.20 Å². The van der Waals surface area contributed by atoms with Gasteiger partial charge < -0.3 is 25.3 Å². The van der Waals surface area contributed by atoms with Crippen LogP contribution in [-0.2, 0) is 4.79 Å². The highest BCUT2D eigenvalue weighted by Gasteiger charge is 2.49. The number of alkyl halides is 2. The smallest absolute Gasteiger partial charge is 0.342 e. The average molecular weight is 542 g/mol. The summed E-state index contributed by atoms with van der Waals surface area (Å²) >= 11 is 0. The Kier molecular flexibility index (Phi) is 7.97. The van der Waals surface area contributed by atoms with Gasteiger partial charge in [0.25, 0.3) is 11.8 Å². The topological polar surface area (TPSA) is 93.7 Å². The molecule has 1 saturated heterocycles. The van der Waals surface area contributed by atoms with E-state index < -0.39 is 18.4 Å². The fourth-order valence-electron chi connectivity index (χ4n) is 5.71. The SMILES string of the molecule is CCCN1C(=O)C(F)(F)CN(C2CCCC2)c2nc(Nc3ccc(C(=O)NC4CCN(C)CC4)cc3)ncc21. The van der Waals surface area contributed by atoms with Crippen LogP contribution in [0.2, 0.25) is 0 Å². The number of fused-ring (bicyclic) bond motifs is 1. The third-order valence-corrected chi connectivity index (χ3v) is 7.91. The first-order valence-electron chi connectivity index (χ1n) is 13.9. The minimum absolute atomic E-state index is 0.103. The first-order chi connectivity index (χ1) is 18.7. The standard InChI is InChI=1S/C28H37F2N7O2/c1-3-14-36-23-17-31-27(34-24(23)37(22-6-4-5-7-22)18-28(29,30)26(36)39)33-20-10-8-19(9-11-20)25(38)32-21-12-15-35(2)16-13-21/h8-11,17,21-22H,3-7,12-16,18H2,1-2H3,(H,32,38)(H,31,33,34). The van der Waals surface area contributed by atoms with Gasteiger partial charge in [0, 0.05) is 29.9 Å². The first-order valence-corrected chi connectivity index (χ1v) is 13.9. The van der Waals surface area contributed by atoms with Crippen molar-refractivity contribution in [2.75, 3.05) is 48.3 Å². The summed E-state index contributed by atoms with van der Waals surface area (Å²) in [5.74, 6) is -4.23. The lowest BCUT2D eigenvalue weighted by molar-refractivity contribution is -0.141. The molecule has 0 unspecified atom stereocenters. The van der Waals surface area contributed by atoms with Gasteiger partial charge in [-0.05, 0) is 76.5 Å². The van der Waals surface area contributed by atoms with Crippen LogP contribution in [0, 0.1) is 0 Å². The van der Waals surface area contributed by atoms with Crippen molar-refractivity contribution in [3.8, 4) is 0 Å². The second kappa shape index (κ2) is 11.4. The molecule has 39 heavy (non-hydrogen) atoms. The predicted molar refractivity (Wildman–Crippen MR) is 147 cm³/mol. The minimum Gasteiger partial charge on any atom is -0.349 e.